The maximum atomic E-state index is 12.9. The topological polar surface area (TPSA) is 29.1 Å². The zero-order chi connectivity index (χ0) is 15.3. The normalized spacial score (nSPS) is 21.7. The number of halogens is 1. The van der Waals surface area contributed by atoms with Gasteiger partial charge in [-0.1, -0.05) is 44.7 Å². The predicted molar refractivity (Wildman–Crippen MR) is 89.0 cm³/mol. The van der Waals surface area contributed by atoms with E-state index in [9.17, 15) is 4.79 Å². The fourth-order valence-corrected chi connectivity index (χ4v) is 3.54. The molecule has 21 heavy (non-hydrogen) atoms. The molecule has 0 spiro atoms. The molecule has 0 aromatic rings. The summed E-state index contributed by atoms with van der Waals surface area (Å²) >= 11 is 5.98. The smallest absolute Gasteiger partial charge is 0.230 e. The van der Waals surface area contributed by atoms with Crippen LogP contribution in [0, 0.1) is 11.3 Å². The third kappa shape index (κ3) is 4.60. The minimum Gasteiger partial charge on any atom is -0.329 e. The number of hydrogen-bond donors (Lipinski definition) is 1. The van der Waals surface area contributed by atoms with Gasteiger partial charge in [-0.2, -0.15) is 0 Å². The highest BCUT2D eigenvalue weighted by Gasteiger charge is 2.39. The third-order valence-corrected chi connectivity index (χ3v) is 5.18. The van der Waals surface area contributed by atoms with Crippen LogP contribution in [-0.2, 0) is 4.79 Å². The molecular weight excluding hydrogens is 282 g/mol. The Bertz CT molecular complexity index is 430. The molecule has 1 fully saturated rings. The van der Waals surface area contributed by atoms with Gasteiger partial charge in [0.2, 0.25) is 5.91 Å². The van der Waals surface area contributed by atoms with E-state index in [0.29, 0.717) is 5.92 Å². The van der Waals surface area contributed by atoms with Gasteiger partial charge < -0.3 is 5.32 Å². The average molecular weight is 310 g/mol. The van der Waals surface area contributed by atoms with Crippen LogP contribution in [0.2, 0.25) is 0 Å². The van der Waals surface area contributed by atoms with Crippen molar-refractivity contribution in [2.45, 2.75) is 71.6 Å². The second kappa shape index (κ2) is 7.49. The lowest BCUT2D eigenvalue weighted by Crippen LogP contribution is -2.42. The molecule has 0 atom stereocenters. The van der Waals surface area contributed by atoms with E-state index in [1.165, 1.54) is 19.3 Å². The second-order valence-electron chi connectivity index (χ2n) is 7.03. The summed E-state index contributed by atoms with van der Waals surface area (Å²) in [7, 11) is 0. The number of hydrogen-bond acceptors (Lipinski definition) is 1. The Balaban J connectivity index is 2.03. The SMILES string of the molecule is CC(C)CCC1(C(=O)NC2=CC=C(Cl)CC2)CCCCC1. The summed E-state index contributed by atoms with van der Waals surface area (Å²) in [6, 6.07) is 0. The van der Waals surface area contributed by atoms with Crippen molar-refractivity contribution in [2.75, 3.05) is 0 Å². The minimum absolute atomic E-state index is 0.131. The fourth-order valence-electron chi connectivity index (χ4n) is 3.38. The first-order valence-electron chi connectivity index (χ1n) is 8.38. The molecule has 0 aliphatic heterocycles. The van der Waals surface area contributed by atoms with Crippen LogP contribution in [0.4, 0.5) is 0 Å². The highest BCUT2D eigenvalue weighted by Crippen LogP contribution is 2.41. The molecule has 0 aromatic heterocycles. The lowest BCUT2D eigenvalue weighted by atomic mass is 9.69. The Labute approximate surface area is 134 Å². The van der Waals surface area contributed by atoms with E-state index in [0.717, 1.165) is 49.3 Å². The molecule has 2 aliphatic rings. The molecule has 1 N–H and O–H groups in total. The van der Waals surface area contributed by atoms with Crippen molar-refractivity contribution >= 4 is 17.5 Å². The molecule has 0 radical (unpaired) electrons. The van der Waals surface area contributed by atoms with E-state index in [-0.39, 0.29) is 11.3 Å². The quantitative estimate of drug-likeness (QED) is 0.734. The highest BCUT2D eigenvalue weighted by atomic mass is 35.5. The minimum atomic E-state index is -0.131. The molecule has 0 unspecified atom stereocenters. The van der Waals surface area contributed by atoms with Crippen molar-refractivity contribution in [2.24, 2.45) is 11.3 Å². The van der Waals surface area contributed by atoms with Crippen molar-refractivity contribution in [3.63, 3.8) is 0 Å². The van der Waals surface area contributed by atoms with Crippen LogP contribution in [0.25, 0.3) is 0 Å². The van der Waals surface area contributed by atoms with E-state index in [4.69, 9.17) is 11.6 Å². The van der Waals surface area contributed by atoms with Crippen LogP contribution < -0.4 is 5.32 Å². The molecule has 118 valence electrons. The van der Waals surface area contributed by atoms with Crippen molar-refractivity contribution in [3.8, 4) is 0 Å². The molecule has 2 aliphatic carbocycles. The number of rotatable bonds is 5. The highest BCUT2D eigenvalue weighted by molar-refractivity contribution is 6.29. The van der Waals surface area contributed by atoms with E-state index in [2.05, 4.69) is 19.2 Å². The maximum Gasteiger partial charge on any atom is 0.230 e. The lowest BCUT2D eigenvalue weighted by Gasteiger charge is -2.37. The van der Waals surface area contributed by atoms with Crippen molar-refractivity contribution in [1.29, 1.82) is 0 Å². The predicted octanol–water partition coefficient (Wildman–Crippen LogP) is 5.29. The summed E-state index contributed by atoms with van der Waals surface area (Å²) < 4.78 is 0. The van der Waals surface area contributed by atoms with Gasteiger partial charge >= 0.3 is 0 Å². The largest absolute Gasteiger partial charge is 0.329 e. The van der Waals surface area contributed by atoms with E-state index < -0.39 is 0 Å². The molecule has 0 heterocycles. The molecule has 0 aromatic carbocycles. The van der Waals surface area contributed by atoms with E-state index in [1.54, 1.807) is 0 Å². The van der Waals surface area contributed by atoms with Crippen LogP contribution in [0.15, 0.2) is 22.9 Å². The zero-order valence-electron chi connectivity index (χ0n) is 13.4. The van der Waals surface area contributed by atoms with Crippen LogP contribution in [-0.4, -0.2) is 5.91 Å². The lowest BCUT2D eigenvalue weighted by molar-refractivity contribution is -0.133. The van der Waals surface area contributed by atoms with Crippen molar-refractivity contribution < 1.29 is 4.79 Å². The Morgan fingerprint density at radius 2 is 1.95 bits per heavy atom. The molecule has 1 amide bonds. The number of carbonyl (C=O) groups is 1. The summed E-state index contributed by atoms with van der Waals surface area (Å²) in [5, 5.41) is 4.07. The molecule has 0 bridgehead atoms. The van der Waals surface area contributed by atoms with Crippen molar-refractivity contribution in [3.05, 3.63) is 22.9 Å². The molecule has 1 saturated carbocycles. The summed E-state index contributed by atoms with van der Waals surface area (Å²) in [5.41, 5.74) is 0.896. The average Bonchev–Trinajstić information content (AvgIpc) is 2.48. The van der Waals surface area contributed by atoms with Gasteiger partial charge in [0.1, 0.15) is 0 Å². The van der Waals surface area contributed by atoms with Gasteiger partial charge in [0, 0.05) is 16.1 Å². The molecule has 0 saturated heterocycles. The van der Waals surface area contributed by atoms with Gasteiger partial charge in [0.25, 0.3) is 0 Å². The van der Waals surface area contributed by atoms with Gasteiger partial charge in [0.05, 0.1) is 0 Å². The molecular formula is C18H28ClNO. The second-order valence-corrected chi connectivity index (χ2v) is 7.52. The monoisotopic (exact) mass is 309 g/mol. The Kier molecular flexibility index (Phi) is 5.92. The molecule has 2 nitrogen and oxygen atoms in total. The van der Waals surface area contributed by atoms with Crippen LogP contribution in [0.3, 0.4) is 0 Å². The van der Waals surface area contributed by atoms with Gasteiger partial charge in [-0.3, -0.25) is 4.79 Å². The standard InChI is InChI=1S/C18H28ClNO/c1-14(2)10-13-18(11-4-3-5-12-18)17(21)20-16-8-6-15(19)7-9-16/h6,8,14H,3-5,7,9-13H2,1-2H3,(H,20,21). The van der Waals surface area contributed by atoms with Gasteiger partial charge in [0.15, 0.2) is 0 Å². The zero-order valence-corrected chi connectivity index (χ0v) is 14.1. The summed E-state index contributed by atoms with van der Waals surface area (Å²) in [5.74, 6) is 0.910. The molecule has 2 rings (SSSR count). The van der Waals surface area contributed by atoms with E-state index >= 15 is 0 Å². The summed E-state index contributed by atoms with van der Waals surface area (Å²) in [6.45, 7) is 4.48. The fraction of sp³-hybridized carbons (Fsp3) is 0.722. The summed E-state index contributed by atoms with van der Waals surface area (Å²) in [6.07, 6.45) is 13.5. The first kappa shape index (κ1) is 16.6. The van der Waals surface area contributed by atoms with Gasteiger partial charge in [-0.25, -0.2) is 0 Å². The number of allylic oxidation sites excluding steroid dienone is 4. The number of nitrogens with one attached hydrogen (secondary N) is 1. The Hall–Kier alpha value is -0.760. The maximum absolute atomic E-state index is 12.9. The summed E-state index contributed by atoms with van der Waals surface area (Å²) in [4.78, 5) is 12.9. The number of carbonyl (C=O) groups excluding carboxylic acids is 1. The Morgan fingerprint density at radius 3 is 2.52 bits per heavy atom. The first-order valence-corrected chi connectivity index (χ1v) is 8.76. The van der Waals surface area contributed by atoms with Crippen molar-refractivity contribution in [1.82, 2.24) is 5.32 Å². The van der Waals surface area contributed by atoms with Gasteiger partial charge in [-0.05, 0) is 56.6 Å². The van der Waals surface area contributed by atoms with E-state index in [1.807, 2.05) is 12.2 Å². The number of amides is 1. The van der Waals surface area contributed by atoms with Crippen LogP contribution >= 0.6 is 11.6 Å². The van der Waals surface area contributed by atoms with Crippen LogP contribution in [0.5, 0.6) is 0 Å². The molecule has 3 heteroatoms. The van der Waals surface area contributed by atoms with Crippen LogP contribution in [0.1, 0.15) is 71.6 Å². The van der Waals surface area contributed by atoms with Gasteiger partial charge in [-0.15, -0.1) is 0 Å². The first-order chi connectivity index (χ1) is 10.0. The Morgan fingerprint density at radius 1 is 1.24 bits per heavy atom. The third-order valence-electron chi connectivity index (χ3n) is 4.87.